The molecule has 0 N–H and O–H groups in total. The summed E-state index contributed by atoms with van der Waals surface area (Å²) in [6.07, 6.45) is 4.55. The molecule has 0 fully saturated rings. The average molecular weight is 97.2 g/mol. The van der Waals surface area contributed by atoms with E-state index in [1.807, 2.05) is 6.21 Å². The Morgan fingerprint density at radius 1 is 1.86 bits per heavy atom. The third kappa shape index (κ3) is 1.02. The molecule has 1 aliphatic heterocycles. The number of nitrogens with zero attached hydrogens (tertiary/aromatic N) is 1. The van der Waals surface area contributed by atoms with Crippen molar-refractivity contribution in [1.29, 1.82) is 0 Å². The smallest absolute Gasteiger partial charge is 0.0417 e. The van der Waals surface area contributed by atoms with Crippen molar-refractivity contribution in [3.63, 3.8) is 0 Å². The summed E-state index contributed by atoms with van der Waals surface area (Å²) in [5.41, 5.74) is 0. The fraction of sp³-hybridized carbons (Fsp3) is 0.833. The van der Waals surface area contributed by atoms with E-state index < -0.39 is 0 Å². The SMILES string of the molecule is CCC1CC=NC1. The van der Waals surface area contributed by atoms with Gasteiger partial charge in [-0.25, -0.2) is 0 Å². The average Bonchev–Trinajstić information content (AvgIpc) is 2.14. The summed E-state index contributed by atoms with van der Waals surface area (Å²) in [6.45, 7) is 3.30. The first-order chi connectivity index (χ1) is 3.43. The maximum absolute atomic E-state index is 4.11. The largest absolute Gasteiger partial charge is 0.297 e. The zero-order valence-electron chi connectivity index (χ0n) is 4.72. The molecule has 0 aliphatic carbocycles. The lowest BCUT2D eigenvalue weighted by molar-refractivity contribution is 0.574. The zero-order chi connectivity index (χ0) is 5.11. The predicted octanol–water partition coefficient (Wildman–Crippen LogP) is 1.49. The molecule has 0 amide bonds. The van der Waals surface area contributed by atoms with E-state index in [0.717, 1.165) is 12.5 Å². The van der Waals surface area contributed by atoms with Crippen LogP contribution >= 0.6 is 0 Å². The van der Waals surface area contributed by atoms with Crippen molar-refractivity contribution >= 4 is 6.21 Å². The van der Waals surface area contributed by atoms with Crippen LogP contribution in [0.15, 0.2) is 4.99 Å². The van der Waals surface area contributed by atoms with Crippen molar-refractivity contribution in [1.82, 2.24) is 0 Å². The second kappa shape index (κ2) is 2.10. The Morgan fingerprint density at radius 2 is 2.71 bits per heavy atom. The van der Waals surface area contributed by atoms with Crippen molar-refractivity contribution in [2.75, 3.05) is 6.54 Å². The van der Waals surface area contributed by atoms with Crippen LogP contribution in [-0.2, 0) is 0 Å². The van der Waals surface area contributed by atoms with Crippen molar-refractivity contribution in [2.24, 2.45) is 10.9 Å². The molecule has 1 heterocycles. The van der Waals surface area contributed by atoms with Gasteiger partial charge in [0.05, 0.1) is 0 Å². The van der Waals surface area contributed by atoms with Crippen LogP contribution < -0.4 is 0 Å². The first-order valence-electron chi connectivity index (χ1n) is 2.91. The Bertz CT molecular complexity index is 68.2. The lowest BCUT2D eigenvalue weighted by Crippen LogP contribution is -1.94. The normalized spacial score (nSPS) is 29.0. The number of hydrogen-bond donors (Lipinski definition) is 0. The molecule has 1 heteroatoms. The van der Waals surface area contributed by atoms with Crippen LogP contribution in [0.4, 0.5) is 0 Å². The van der Waals surface area contributed by atoms with E-state index in [9.17, 15) is 0 Å². The molecule has 1 aliphatic rings. The molecule has 1 unspecified atom stereocenters. The number of hydrogen-bond acceptors (Lipinski definition) is 1. The maximum Gasteiger partial charge on any atom is 0.0417 e. The molecule has 0 saturated carbocycles. The Hall–Kier alpha value is -0.330. The van der Waals surface area contributed by atoms with Crippen LogP contribution in [-0.4, -0.2) is 12.8 Å². The highest BCUT2D eigenvalue weighted by atomic mass is 14.7. The van der Waals surface area contributed by atoms with Gasteiger partial charge < -0.3 is 0 Å². The number of aliphatic imine (C=N–C) groups is 1. The summed E-state index contributed by atoms with van der Waals surface area (Å²) in [6, 6.07) is 0. The Balaban J connectivity index is 2.22. The minimum absolute atomic E-state index is 0.875. The molecule has 0 aromatic heterocycles. The molecule has 7 heavy (non-hydrogen) atoms. The molecule has 0 radical (unpaired) electrons. The van der Waals surface area contributed by atoms with E-state index in [4.69, 9.17) is 0 Å². The summed E-state index contributed by atoms with van der Waals surface area (Å²) >= 11 is 0. The standard InChI is InChI=1S/C6H11N/c1-2-6-3-4-7-5-6/h4,6H,2-3,5H2,1H3. The maximum atomic E-state index is 4.11. The minimum Gasteiger partial charge on any atom is -0.297 e. The summed E-state index contributed by atoms with van der Waals surface area (Å²) in [5, 5.41) is 0. The van der Waals surface area contributed by atoms with Crippen molar-refractivity contribution in [2.45, 2.75) is 19.8 Å². The molecule has 0 saturated heterocycles. The van der Waals surface area contributed by atoms with Gasteiger partial charge in [0.2, 0.25) is 0 Å². The monoisotopic (exact) mass is 97.1 g/mol. The van der Waals surface area contributed by atoms with Crippen LogP contribution in [0.5, 0.6) is 0 Å². The van der Waals surface area contributed by atoms with Gasteiger partial charge in [0, 0.05) is 6.54 Å². The molecule has 1 nitrogen and oxygen atoms in total. The Labute approximate surface area is 44.5 Å². The van der Waals surface area contributed by atoms with E-state index in [2.05, 4.69) is 11.9 Å². The van der Waals surface area contributed by atoms with Gasteiger partial charge in [0.1, 0.15) is 0 Å². The van der Waals surface area contributed by atoms with E-state index in [0.29, 0.717) is 0 Å². The van der Waals surface area contributed by atoms with E-state index in [1.54, 1.807) is 0 Å². The fourth-order valence-corrected chi connectivity index (χ4v) is 0.818. The van der Waals surface area contributed by atoms with Gasteiger partial charge in [-0.3, -0.25) is 4.99 Å². The van der Waals surface area contributed by atoms with Crippen molar-refractivity contribution in [3.8, 4) is 0 Å². The van der Waals surface area contributed by atoms with Crippen LogP contribution in [0.3, 0.4) is 0 Å². The molecule has 0 spiro atoms. The third-order valence-electron chi connectivity index (χ3n) is 1.51. The molecule has 1 rings (SSSR count). The second-order valence-electron chi connectivity index (χ2n) is 2.06. The van der Waals surface area contributed by atoms with Gasteiger partial charge in [0.25, 0.3) is 0 Å². The zero-order valence-corrected chi connectivity index (χ0v) is 4.72. The van der Waals surface area contributed by atoms with Gasteiger partial charge in [0.15, 0.2) is 0 Å². The lowest BCUT2D eigenvalue weighted by atomic mass is 10.1. The van der Waals surface area contributed by atoms with Crippen LogP contribution in [0, 0.1) is 5.92 Å². The van der Waals surface area contributed by atoms with Gasteiger partial charge in [-0.05, 0) is 18.6 Å². The molecule has 0 aromatic rings. The number of rotatable bonds is 1. The highest BCUT2D eigenvalue weighted by Crippen LogP contribution is 2.10. The van der Waals surface area contributed by atoms with Crippen LogP contribution in [0.25, 0.3) is 0 Å². The van der Waals surface area contributed by atoms with Crippen LogP contribution in [0.1, 0.15) is 19.8 Å². The molecule has 1 atom stereocenters. The van der Waals surface area contributed by atoms with E-state index in [-0.39, 0.29) is 0 Å². The first kappa shape index (κ1) is 4.82. The van der Waals surface area contributed by atoms with Crippen molar-refractivity contribution in [3.05, 3.63) is 0 Å². The molecule has 0 bridgehead atoms. The minimum atomic E-state index is 0.875. The highest BCUT2D eigenvalue weighted by molar-refractivity contribution is 5.59. The summed E-state index contributed by atoms with van der Waals surface area (Å²) < 4.78 is 0. The quantitative estimate of drug-likeness (QED) is 0.470. The summed E-state index contributed by atoms with van der Waals surface area (Å²) in [7, 11) is 0. The Kier molecular flexibility index (Phi) is 1.45. The van der Waals surface area contributed by atoms with Gasteiger partial charge in [-0.2, -0.15) is 0 Å². The first-order valence-corrected chi connectivity index (χ1v) is 2.91. The van der Waals surface area contributed by atoms with Gasteiger partial charge in [-0.1, -0.05) is 13.3 Å². The molecule has 40 valence electrons. The molecule has 0 aromatic carbocycles. The predicted molar refractivity (Wildman–Crippen MR) is 31.8 cm³/mol. The van der Waals surface area contributed by atoms with Crippen molar-refractivity contribution < 1.29 is 0 Å². The second-order valence-corrected chi connectivity index (χ2v) is 2.06. The highest BCUT2D eigenvalue weighted by Gasteiger charge is 2.06. The van der Waals surface area contributed by atoms with Gasteiger partial charge in [-0.15, -0.1) is 0 Å². The lowest BCUT2D eigenvalue weighted by Gasteiger charge is -1.98. The summed E-state index contributed by atoms with van der Waals surface area (Å²) in [5.74, 6) is 0.875. The molecular formula is C6H11N. The van der Waals surface area contributed by atoms with E-state index >= 15 is 0 Å². The molecular weight excluding hydrogens is 86.1 g/mol. The topological polar surface area (TPSA) is 12.4 Å². The van der Waals surface area contributed by atoms with E-state index in [1.165, 1.54) is 12.8 Å². The Morgan fingerprint density at radius 3 is 3.00 bits per heavy atom. The third-order valence-corrected chi connectivity index (χ3v) is 1.51. The van der Waals surface area contributed by atoms with Crippen LogP contribution in [0.2, 0.25) is 0 Å². The van der Waals surface area contributed by atoms with Gasteiger partial charge >= 0.3 is 0 Å². The fourth-order valence-electron chi connectivity index (χ4n) is 0.818. The summed E-state index contributed by atoms with van der Waals surface area (Å²) in [4.78, 5) is 4.11.